The maximum absolute atomic E-state index is 8.25. The minimum Gasteiger partial charge on any atom is -0.369 e. The molecule has 0 heterocycles. The molecule has 12 N–H and O–H groups in total. The van der Waals surface area contributed by atoms with Crippen LogP contribution in [-0.2, 0) is 17.1 Å². The van der Waals surface area contributed by atoms with Crippen LogP contribution in [-0.4, -0.2) is 5.09 Å². The first kappa shape index (κ1) is 16.3. The van der Waals surface area contributed by atoms with E-state index >= 15 is 0 Å². The molecule has 0 amide bonds. The Morgan fingerprint density at radius 2 is 1.10 bits per heavy atom. The van der Waals surface area contributed by atoms with E-state index in [0.717, 1.165) is 0 Å². The molecule has 10 heavy (non-hydrogen) atoms. The van der Waals surface area contributed by atoms with Gasteiger partial charge in [-0.1, -0.05) is 0 Å². The number of nitrogens with two attached hydrogens (primary N) is 4. The Kier molecular flexibility index (Phi) is 11.1. The van der Waals surface area contributed by atoms with Gasteiger partial charge in [-0.15, -0.1) is 0 Å². The second-order valence-electron chi connectivity index (χ2n) is 0.856. The number of hydrogen-bond acceptors (Lipinski definition) is 7. The van der Waals surface area contributed by atoms with E-state index in [2.05, 4.69) is 0 Å². The van der Waals surface area contributed by atoms with Crippen LogP contribution in [0.3, 0.4) is 0 Å². The smallest absolute Gasteiger partial charge is 0.369 e. The fourth-order valence-corrected chi connectivity index (χ4v) is 0. The van der Waals surface area contributed by atoms with E-state index in [9.17, 15) is 0 Å². The zero-order chi connectivity index (χ0) is 8.08. The summed E-state index contributed by atoms with van der Waals surface area (Å²) in [4.78, 5) is 8.25. The molecule has 0 rings (SSSR count). The van der Waals surface area contributed by atoms with Crippen molar-refractivity contribution in [2.45, 2.75) is 0 Å². The number of hydrogen-bond donors (Lipinski definition) is 5. The molecule has 0 saturated carbocycles. The Labute approximate surface area is 61.4 Å². The molecule has 70 valence electrons. The largest absolute Gasteiger partial charge is 0.369 e. The standard InChI is InChI=1S/NO3.H3N.4H2N.Pt/c2-1(3)4;;;;;;/h;1H3;4*1H2;/q-1;;4*-1;+4/p+1. The summed E-state index contributed by atoms with van der Waals surface area (Å²) < 4.78 is 19.5. The third-order valence-corrected chi connectivity index (χ3v) is 0. The van der Waals surface area contributed by atoms with E-state index in [-0.39, 0.29) is 6.15 Å². The zero-order valence-electron chi connectivity index (χ0n) is 5.30. The molecule has 0 fully saturated rings. The average Bonchev–Trinajstić information content (AvgIpc) is 1.19. The van der Waals surface area contributed by atoms with Gasteiger partial charge in [-0.05, 0) is 0 Å². The molecule has 10 heteroatoms. The Morgan fingerprint density at radius 1 is 1.10 bits per heavy atom. The van der Waals surface area contributed by atoms with E-state index in [1.165, 1.54) is 0 Å². The molecule has 0 aliphatic heterocycles. The summed E-state index contributed by atoms with van der Waals surface area (Å²) in [5.74, 6) is 0. The molecule has 0 aromatic heterocycles. The van der Waals surface area contributed by atoms with E-state index < -0.39 is 22.1 Å². The second-order valence-corrected chi connectivity index (χ2v) is 5.40. The molecule has 0 aliphatic carbocycles. The summed E-state index contributed by atoms with van der Waals surface area (Å²) in [6, 6.07) is 0. The van der Waals surface area contributed by atoms with E-state index in [1.54, 1.807) is 0 Å². The monoisotopic (exact) mass is 339 g/mol. The summed E-state index contributed by atoms with van der Waals surface area (Å²) in [5, 5.41) is 14.8. The summed E-state index contributed by atoms with van der Waals surface area (Å²) in [6.45, 7) is 0. The van der Waals surface area contributed by atoms with Gasteiger partial charge in [0.25, 0.3) is 0 Å². The van der Waals surface area contributed by atoms with Crippen molar-refractivity contribution in [3.63, 3.8) is 0 Å². The van der Waals surface area contributed by atoms with Crippen molar-refractivity contribution in [3.8, 4) is 0 Å². The van der Waals surface area contributed by atoms with Gasteiger partial charge in [0, 0.05) is 0 Å². The van der Waals surface area contributed by atoms with Gasteiger partial charge < -0.3 is 21.5 Å². The molecule has 0 aliphatic rings. The second kappa shape index (κ2) is 6.80. The SMILES string of the molecule is O=[N+]([O-])[O-].[NH2][Pt]([NH2])([NH2])[NH2].[NH4+]. The predicted molar refractivity (Wildman–Crippen MR) is 33.1 cm³/mol. The van der Waals surface area contributed by atoms with Crippen molar-refractivity contribution in [1.82, 2.24) is 6.15 Å². The van der Waals surface area contributed by atoms with Crippen molar-refractivity contribution >= 4 is 0 Å². The molecule has 0 unspecified atom stereocenters. The Morgan fingerprint density at radius 3 is 1.10 bits per heavy atom. The van der Waals surface area contributed by atoms with Gasteiger partial charge in [0.1, 0.15) is 0 Å². The summed E-state index contributed by atoms with van der Waals surface area (Å²) in [7, 11) is 0. The topological polar surface area (TPSA) is 207 Å². The summed E-state index contributed by atoms with van der Waals surface area (Å²) in [5.41, 5.74) is 0. The van der Waals surface area contributed by atoms with Crippen LogP contribution in [0.1, 0.15) is 0 Å². The minimum atomic E-state index is -2.94. The molecule has 0 saturated heterocycles. The van der Waals surface area contributed by atoms with Gasteiger partial charge in [-0.3, -0.25) is 0 Å². The average molecular weight is 339 g/mol. The normalized spacial score (nSPS) is 10.0. The number of nitrogens with zero attached hydrogens (tertiary/aromatic N) is 1. The van der Waals surface area contributed by atoms with Gasteiger partial charge in [-0.2, -0.15) is 0 Å². The maximum Gasteiger partial charge on any atom is -0.369 e. The maximum atomic E-state index is 8.25. The molecular weight excluding hydrogens is 327 g/mol. The van der Waals surface area contributed by atoms with Gasteiger partial charge in [-0.25, -0.2) is 0 Å². The third kappa shape index (κ3) is 3540. The summed E-state index contributed by atoms with van der Waals surface area (Å²) >= 11 is -2.94. The van der Waals surface area contributed by atoms with E-state index in [0.29, 0.717) is 0 Å². The van der Waals surface area contributed by atoms with Crippen molar-refractivity contribution in [2.24, 2.45) is 17.2 Å². The van der Waals surface area contributed by atoms with Gasteiger partial charge in [0.15, 0.2) is 0 Å². The van der Waals surface area contributed by atoms with Crippen LogP contribution in [0.25, 0.3) is 0 Å². The van der Waals surface area contributed by atoms with Gasteiger partial charge in [0.05, 0.1) is 5.09 Å². The Bertz CT molecular complexity index is 75.5. The van der Waals surface area contributed by atoms with Crippen molar-refractivity contribution in [3.05, 3.63) is 15.3 Å². The molecule has 0 radical (unpaired) electrons. The van der Waals surface area contributed by atoms with Crippen LogP contribution in [0, 0.1) is 15.3 Å². The number of quaternary nitrogens is 1. The predicted octanol–water partition coefficient (Wildman–Crippen LogP) is -2.23. The minimum absolute atomic E-state index is 0. The van der Waals surface area contributed by atoms with Crippen molar-refractivity contribution < 1.29 is 22.1 Å². The first-order valence-electron chi connectivity index (χ1n) is 1.28. The molecule has 0 aromatic carbocycles. The zero-order valence-corrected chi connectivity index (χ0v) is 7.57. The van der Waals surface area contributed by atoms with E-state index in [4.69, 9.17) is 32.5 Å². The summed E-state index contributed by atoms with van der Waals surface area (Å²) in [6.07, 6.45) is 0. The first-order chi connectivity index (χ1) is 3.73. The third-order valence-electron chi connectivity index (χ3n) is 0. The van der Waals surface area contributed by atoms with Crippen LogP contribution in [0.5, 0.6) is 0 Å². The Balaban J connectivity index is -0.0000000910. The van der Waals surface area contributed by atoms with Crippen LogP contribution in [0.15, 0.2) is 0 Å². The molecule has 0 atom stereocenters. The molecule has 0 spiro atoms. The van der Waals surface area contributed by atoms with Gasteiger partial charge >= 0.3 is 34.2 Å². The quantitative estimate of drug-likeness (QED) is 0.242. The fraction of sp³-hybridized carbons (Fsp3) is 0. The van der Waals surface area contributed by atoms with Crippen LogP contribution in [0.4, 0.5) is 0 Å². The molecule has 0 bridgehead atoms. The fourth-order valence-electron chi connectivity index (χ4n) is 0. The molecular formula is H12N6O3Pt. The Hall–Kier alpha value is -0.312. The molecule has 0 aromatic rings. The van der Waals surface area contributed by atoms with Crippen LogP contribution in [0.2, 0.25) is 0 Å². The first-order valence-corrected chi connectivity index (χ1v) is 6.53. The molecule has 9 nitrogen and oxygen atoms in total. The van der Waals surface area contributed by atoms with Crippen LogP contribution < -0.4 is 23.3 Å². The van der Waals surface area contributed by atoms with Gasteiger partial charge in [0.2, 0.25) is 0 Å². The van der Waals surface area contributed by atoms with E-state index in [1.807, 2.05) is 0 Å². The van der Waals surface area contributed by atoms with Crippen molar-refractivity contribution in [1.29, 1.82) is 0 Å². The number of rotatable bonds is 0. The van der Waals surface area contributed by atoms with Crippen molar-refractivity contribution in [2.75, 3.05) is 0 Å². The van der Waals surface area contributed by atoms with Crippen LogP contribution >= 0.6 is 0 Å².